The molecule has 2 rings (SSSR count). The molecular weight excluding hydrogens is 282 g/mol. The van der Waals surface area contributed by atoms with Crippen LogP contribution in [-0.4, -0.2) is 22.9 Å². The first kappa shape index (κ1) is 13.9. The molecule has 0 unspecified atom stereocenters. The maximum Gasteiger partial charge on any atom is 0.251 e. The van der Waals surface area contributed by atoms with Crippen LogP contribution >= 0.6 is 11.6 Å². The van der Waals surface area contributed by atoms with Crippen LogP contribution in [0.3, 0.4) is 0 Å². The van der Waals surface area contributed by atoms with E-state index in [0.717, 1.165) is 0 Å². The Morgan fingerprint density at radius 1 is 1.40 bits per heavy atom. The van der Waals surface area contributed by atoms with Crippen molar-refractivity contribution in [2.24, 2.45) is 5.18 Å². The summed E-state index contributed by atoms with van der Waals surface area (Å²) < 4.78 is 0. The highest BCUT2D eigenvalue weighted by molar-refractivity contribution is 6.28. The summed E-state index contributed by atoms with van der Waals surface area (Å²) in [6.07, 6.45) is 1.22. The summed E-state index contributed by atoms with van der Waals surface area (Å²) in [5.41, 5.74) is 1.07. The lowest BCUT2D eigenvalue weighted by Crippen LogP contribution is -2.17. The van der Waals surface area contributed by atoms with Gasteiger partial charge in [-0.05, 0) is 35.0 Å². The summed E-state index contributed by atoms with van der Waals surface area (Å²) in [6, 6.07) is 6.69. The Labute approximate surface area is 119 Å². The van der Waals surface area contributed by atoms with E-state index in [9.17, 15) is 9.70 Å². The first-order valence-corrected chi connectivity index (χ1v) is 5.97. The minimum atomic E-state index is -0.219. The Morgan fingerprint density at radius 3 is 2.90 bits per heavy atom. The SMILES string of the molecule is CNC(=O)c1cccc(Nc2nc(Cl)ncc2N=O)c1. The molecule has 0 bridgehead atoms. The van der Waals surface area contributed by atoms with Gasteiger partial charge in [0.25, 0.3) is 5.91 Å². The molecule has 1 heterocycles. The molecule has 1 amide bonds. The molecule has 0 saturated carbocycles. The highest BCUT2D eigenvalue weighted by atomic mass is 35.5. The fraction of sp³-hybridized carbons (Fsp3) is 0.0833. The van der Waals surface area contributed by atoms with Crippen molar-refractivity contribution in [1.82, 2.24) is 15.3 Å². The van der Waals surface area contributed by atoms with Crippen molar-refractivity contribution < 1.29 is 4.79 Å². The van der Waals surface area contributed by atoms with E-state index < -0.39 is 0 Å². The normalized spacial score (nSPS) is 9.90. The molecule has 2 N–H and O–H groups in total. The molecule has 20 heavy (non-hydrogen) atoms. The third-order valence-electron chi connectivity index (χ3n) is 2.45. The van der Waals surface area contributed by atoms with Crippen molar-refractivity contribution in [2.45, 2.75) is 0 Å². The largest absolute Gasteiger partial charge is 0.355 e. The van der Waals surface area contributed by atoms with Crippen LogP contribution in [0.4, 0.5) is 17.2 Å². The van der Waals surface area contributed by atoms with E-state index in [1.165, 1.54) is 6.20 Å². The monoisotopic (exact) mass is 291 g/mol. The average molecular weight is 292 g/mol. The van der Waals surface area contributed by atoms with Gasteiger partial charge in [-0.25, -0.2) is 4.98 Å². The van der Waals surface area contributed by atoms with Gasteiger partial charge in [-0.3, -0.25) is 4.79 Å². The lowest BCUT2D eigenvalue weighted by Gasteiger charge is -2.08. The number of halogens is 1. The van der Waals surface area contributed by atoms with Crippen molar-refractivity contribution in [2.75, 3.05) is 12.4 Å². The molecule has 0 fully saturated rings. The van der Waals surface area contributed by atoms with Gasteiger partial charge in [-0.15, -0.1) is 4.91 Å². The number of anilines is 2. The number of carbonyl (C=O) groups excluding carboxylic acids is 1. The standard InChI is InChI=1S/C12H10ClN5O2/c1-14-11(19)7-3-2-4-8(5-7)16-10-9(18-20)6-15-12(13)17-10/h2-6H,1H3,(H,14,19)(H,15,16,17). The van der Waals surface area contributed by atoms with Gasteiger partial charge in [0, 0.05) is 18.3 Å². The van der Waals surface area contributed by atoms with E-state index in [1.807, 2.05) is 0 Å². The van der Waals surface area contributed by atoms with Gasteiger partial charge in [-0.1, -0.05) is 6.07 Å². The van der Waals surface area contributed by atoms with Crippen LogP contribution in [0.25, 0.3) is 0 Å². The van der Waals surface area contributed by atoms with Crippen molar-refractivity contribution in [3.05, 3.63) is 46.2 Å². The number of hydrogen-bond donors (Lipinski definition) is 2. The van der Waals surface area contributed by atoms with Gasteiger partial charge in [0.15, 0.2) is 11.5 Å². The fourth-order valence-corrected chi connectivity index (χ4v) is 1.67. The summed E-state index contributed by atoms with van der Waals surface area (Å²) in [5.74, 6) is -0.0443. The van der Waals surface area contributed by atoms with Gasteiger partial charge in [0.1, 0.15) is 0 Å². The summed E-state index contributed by atoms with van der Waals surface area (Å²) in [6.45, 7) is 0. The average Bonchev–Trinajstić information content (AvgIpc) is 2.47. The van der Waals surface area contributed by atoms with Crippen LogP contribution in [0.15, 0.2) is 35.6 Å². The predicted molar refractivity (Wildman–Crippen MR) is 75.6 cm³/mol. The van der Waals surface area contributed by atoms with E-state index in [0.29, 0.717) is 11.3 Å². The third kappa shape index (κ3) is 3.07. The Balaban J connectivity index is 2.32. The second-order valence-electron chi connectivity index (χ2n) is 3.75. The Bertz CT molecular complexity index is 662. The van der Waals surface area contributed by atoms with E-state index in [-0.39, 0.29) is 22.7 Å². The summed E-state index contributed by atoms with van der Waals surface area (Å²) in [4.78, 5) is 29.8. The molecule has 102 valence electrons. The molecule has 0 atom stereocenters. The molecule has 0 aliphatic carbocycles. The second-order valence-corrected chi connectivity index (χ2v) is 4.09. The summed E-state index contributed by atoms with van der Waals surface area (Å²) in [7, 11) is 1.54. The molecule has 0 radical (unpaired) electrons. The number of amides is 1. The number of hydrogen-bond acceptors (Lipinski definition) is 6. The first-order chi connectivity index (χ1) is 9.63. The topological polar surface area (TPSA) is 96.3 Å². The van der Waals surface area contributed by atoms with Crippen LogP contribution < -0.4 is 10.6 Å². The summed E-state index contributed by atoms with van der Waals surface area (Å²) >= 11 is 5.67. The highest BCUT2D eigenvalue weighted by Gasteiger charge is 2.09. The van der Waals surface area contributed by atoms with Gasteiger partial charge in [-0.2, -0.15) is 4.98 Å². The number of nitrogens with zero attached hydrogens (tertiary/aromatic N) is 3. The molecule has 0 spiro atoms. The number of benzene rings is 1. The van der Waals surface area contributed by atoms with E-state index in [1.54, 1.807) is 31.3 Å². The Kier molecular flexibility index (Phi) is 4.21. The zero-order chi connectivity index (χ0) is 14.5. The lowest BCUT2D eigenvalue weighted by atomic mass is 10.2. The van der Waals surface area contributed by atoms with Crippen molar-refractivity contribution in [3.63, 3.8) is 0 Å². The van der Waals surface area contributed by atoms with Gasteiger partial charge in [0.05, 0.1) is 6.20 Å². The first-order valence-electron chi connectivity index (χ1n) is 5.59. The Morgan fingerprint density at radius 2 is 2.20 bits per heavy atom. The molecule has 2 aromatic rings. The van der Waals surface area contributed by atoms with Crippen LogP contribution in [-0.2, 0) is 0 Å². The zero-order valence-corrected chi connectivity index (χ0v) is 11.2. The number of rotatable bonds is 4. The number of carbonyl (C=O) groups is 1. The van der Waals surface area contributed by atoms with Crippen molar-refractivity contribution >= 4 is 34.7 Å². The predicted octanol–water partition coefficient (Wildman–Crippen LogP) is 2.63. The highest BCUT2D eigenvalue weighted by Crippen LogP contribution is 2.26. The van der Waals surface area contributed by atoms with E-state index >= 15 is 0 Å². The van der Waals surface area contributed by atoms with E-state index in [2.05, 4.69) is 25.8 Å². The number of nitroso groups, excluding NO2 is 1. The molecule has 0 aliphatic heterocycles. The van der Waals surface area contributed by atoms with Gasteiger partial charge < -0.3 is 10.6 Å². The minimum absolute atomic E-state index is 0.0117. The number of nitrogens with one attached hydrogen (secondary N) is 2. The Hall–Kier alpha value is -2.54. The van der Waals surface area contributed by atoms with Crippen LogP contribution in [0.2, 0.25) is 5.28 Å². The maximum atomic E-state index is 11.5. The van der Waals surface area contributed by atoms with Crippen LogP contribution in [0.5, 0.6) is 0 Å². The van der Waals surface area contributed by atoms with Crippen molar-refractivity contribution in [3.8, 4) is 0 Å². The minimum Gasteiger partial charge on any atom is -0.355 e. The van der Waals surface area contributed by atoms with Gasteiger partial charge in [0.2, 0.25) is 5.28 Å². The zero-order valence-electron chi connectivity index (χ0n) is 10.4. The molecule has 1 aromatic heterocycles. The fourth-order valence-electron chi connectivity index (χ4n) is 1.53. The van der Waals surface area contributed by atoms with E-state index in [4.69, 9.17) is 11.6 Å². The summed E-state index contributed by atoms with van der Waals surface area (Å²) in [5, 5.41) is 8.19. The molecule has 1 aromatic carbocycles. The molecule has 7 nitrogen and oxygen atoms in total. The quantitative estimate of drug-likeness (QED) is 0.667. The molecule has 0 saturated heterocycles. The van der Waals surface area contributed by atoms with Crippen LogP contribution in [0.1, 0.15) is 10.4 Å². The van der Waals surface area contributed by atoms with Crippen molar-refractivity contribution in [1.29, 1.82) is 0 Å². The van der Waals surface area contributed by atoms with Crippen LogP contribution in [0, 0.1) is 4.91 Å². The maximum absolute atomic E-state index is 11.5. The smallest absolute Gasteiger partial charge is 0.251 e. The van der Waals surface area contributed by atoms with Gasteiger partial charge >= 0.3 is 0 Å². The third-order valence-corrected chi connectivity index (χ3v) is 2.64. The molecular formula is C12H10ClN5O2. The second kappa shape index (κ2) is 6.07. The lowest BCUT2D eigenvalue weighted by molar-refractivity contribution is 0.0963. The molecule has 0 aliphatic rings. The number of aromatic nitrogens is 2. The molecule has 8 heteroatoms.